The van der Waals surface area contributed by atoms with Gasteiger partial charge in [-0.25, -0.2) is 0 Å². The van der Waals surface area contributed by atoms with E-state index in [0.29, 0.717) is 6.04 Å². The summed E-state index contributed by atoms with van der Waals surface area (Å²) in [6, 6.07) is 9.02. The van der Waals surface area contributed by atoms with Gasteiger partial charge >= 0.3 is 0 Å². The van der Waals surface area contributed by atoms with Crippen LogP contribution >= 0.6 is 0 Å². The number of hydrogen-bond acceptors (Lipinski definition) is 2. The van der Waals surface area contributed by atoms with Crippen LogP contribution in [0.2, 0.25) is 0 Å². The second-order valence-electron chi connectivity index (χ2n) is 5.36. The van der Waals surface area contributed by atoms with Gasteiger partial charge in [-0.2, -0.15) is 0 Å². The maximum atomic E-state index is 5.87. The smallest absolute Gasteiger partial charge is 0.124 e. The van der Waals surface area contributed by atoms with Crippen molar-refractivity contribution >= 4 is 0 Å². The molecular formula is C17H27NO. The summed E-state index contributed by atoms with van der Waals surface area (Å²) in [7, 11) is 0. The molecule has 1 N–H and O–H groups in total. The summed E-state index contributed by atoms with van der Waals surface area (Å²) >= 11 is 0. The first-order valence-corrected chi connectivity index (χ1v) is 7.17. The minimum absolute atomic E-state index is 0.200. The van der Waals surface area contributed by atoms with Crippen LogP contribution in [0, 0.1) is 0 Å². The van der Waals surface area contributed by atoms with Gasteiger partial charge in [0.1, 0.15) is 5.75 Å². The van der Waals surface area contributed by atoms with E-state index >= 15 is 0 Å². The SMILES string of the molecule is C=CCCC(C)NC(C)c1ccccc1OC(C)C. The van der Waals surface area contributed by atoms with E-state index in [2.05, 4.69) is 51.7 Å². The fraction of sp³-hybridized carbons (Fsp3) is 0.529. The number of nitrogens with one attached hydrogen (secondary N) is 1. The molecule has 0 saturated heterocycles. The minimum atomic E-state index is 0.200. The maximum absolute atomic E-state index is 5.87. The van der Waals surface area contributed by atoms with Gasteiger partial charge < -0.3 is 10.1 Å². The van der Waals surface area contributed by atoms with Crippen LogP contribution < -0.4 is 10.1 Å². The van der Waals surface area contributed by atoms with Crippen molar-refractivity contribution in [2.75, 3.05) is 0 Å². The molecule has 106 valence electrons. The van der Waals surface area contributed by atoms with Crippen molar-refractivity contribution in [3.8, 4) is 5.75 Å². The standard InChI is InChI=1S/C17H27NO/c1-6-7-10-14(4)18-15(5)16-11-8-9-12-17(16)19-13(2)3/h6,8-9,11-15,18H,1,7,10H2,2-5H3. The zero-order valence-electron chi connectivity index (χ0n) is 12.6. The molecule has 0 heterocycles. The molecule has 2 atom stereocenters. The first-order valence-electron chi connectivity index (χ1n) is 7.17. The lowest BCUT2D eigenvalue weighted by Crippen LogP contribution is -2.29. The number of allylic oxidation sites excluding steroid dienone is 1. The van der Waals surface area contributed by atoms with Crippen molar-refractivity contribution in [1.29, 1.82) is 0 Å². The fourth-order valence-electron chi connectivity index (χ4n) is 2.17. The highest BCUT2D eigenvalue weighted by Gasteiger charge is 2.14. The summed E-state index contributed by atoms with van der Waals surface area (Å²) in [6.45, 7) is 12.3. The molecule has 0 bridgehead atoms. The minimum Gasteiger partial charge on any atom is -0.491 e. The average Bonchev–Trinajstić information content (AvgIpc) is 2.36. The predicted molar refractivity (Wildman–Crippen MR) is 82.6 cm³/mol. The molecule has 2 heteroatoms. The van der Waals surface area contributed by atoms with Crippen molar-refractivity contribution in [2.24, 2.45) is 0 Å². The zero-order chi connectivity index (χ0) is 14.3. The fourth-order valence-corrected chi connectivity index (χ4v) is 2.17. The Morgan fingerprint density at radius 1 is 1.21 bits per heavy atom. The van der Waals surface area contributed by atoms with Crippen LogP contribution in [0.4, 0.5) is 0 Å². The van der Waals surface area contributed by atoms with Crippen LogP contribution in [-0.4, -0.2) is 12.1 Å². The molecule has 0 amide bonds. The van der Waals surface area contributed by atoms with E-state index in [0.717, 1.165) is 18.6 Å². The summed E-state index contributed by atoms with van der Waals surface area (Å²) < 4.78 is 5.87. The Balaban J connectivity index is 2.70. The highest BCUT2D eigenvalue weighted by Crippen LogP contribution is 2.26. The third-order valence-corrected chi connectivity index (χ3v) is 3.09. The van der Waals surface area contributed by atoms with Crippen LogP contribution in [0.5, 0.6) is 5.75 Å². The molecule has 1 aromatic rings. The molecule has 0 aliphatic carbocycles. The molecule has 19 heavy (non-hydrogen) atoms. The number of hydrogen-bond donors (Lipinski definition) is 1. The lowest BCUT2D eigenvalue weighted by Gasteiger charge is -2.23. The van der Waals surface area contributed by atoms with E-state index in [1.807, 2.05) is 18.2 Å². The van der Waals surface area contributed by atoms with Gasteiger partial charge in [-0.1, -0.05) is 24.3 Å². The summed E-state index contributed by atoms with van der Waals surface area (Å²) in [6.07, 6.45) is 4.33. The van der Waals surface area contributed by atoms with Crippen LogP contribution in [0.1, 0.15) is 52.1 Å². The van der Waals surface area contributed by atoms with E-state index in [9.17, 15) is 0 Å². The number of rotatable bonds is 8. The first kappa shape index (κ1) is 15.8. The van der Waals surface area contributed by atoms with E-state index in [-0.39, 0.29) is 12.1 Å². The normalized spacial score (nSPS) is 14.2. The van der Waals surface area contributed by atoms with E-state index in [1.165, 1.54) is 5.56 Å². The lowest BCUT2D eigenvalue weighted by molar-refractivity contribution is 0.237. The molecule has 2 nitrogen and oxygen atoms in total. The van der Waals surface area contributed by atoms with Crippen LogP contribution in [0.15, 0.2) is 36.9 Å². The van der Waals surface area contributed by atoms with Gasteiger partial charge in [-0.3, -0.25) is 0 Å². The second-order valence-corrected chi connectivity index (χ2v) is 5.36. The Labute approximate surface area is 117 Å². The van der Waals surface area contributed by atoms with Crippen molar-refractivity contribution < 1.29 is 4.74 Å². The van der Waals surface area contributed by atoms with E-state index in [1.54, 1.807) is 0 Å². The van der Waals surface area contributed by atoms with Crippen LogP contribution in [0.3, 0.4) is 0 Å². The predicted octanol–water partition coefficient (Wildman–Crippen LogP) is 4.48. The molecule has 0 radical (unpaired) electrons. The number of ether oxygens (including phenoxy) is 1. The third-order valence-electron chi connectivity index (χ3n) is 3.09. The molecule has 0 spiro atoms. The topological polar surface area (TPSA) is 21.3 Å². The first-order chi connectivity index (χ1) is 9.04. The average molecular weight is 261 g/mol. The Kier molecular flexibility index (Phi) is 6.65. The summed E-state index contributed by atoms with van der Waals surface area (Å²) in [5.41, 5.74) is 1.22. The molecule has 0 aliphatic heterocycles. The van der Waals surface area contributed by atoms with Crippen molar-refractivity contribution in [1.82, 2.24) is 5.32 Å². The molecule has 1 aromatic carbocycles. The number of benzene rings is 1. The molecule has 0 saturated carbocycles. The van der Waals surface area contributed by atoms with Crippen LogP contribution in [-0.2, 0) is 0 Å². The van der Waals surface area contributed by atoms with Crippen molar-refractivity contribution in [3.63, 3.8) is 0 Å². The van der Waals surface area contributed by atoms with Gasteiger partial charge in [0.25, 0.3) is 0 Å². The largest absolute Gasteiger partial charge is 0.491 e. The lowest BCUT2D eigenvalue weighted by atomic mass is 10.0. The van der Waals surface area contributed by atoms with Crippen LogP contribution in [0.25, 0.3) is 0 Å². The molecule has 0 aliphatic rings. The molecule has 0 aromatic heterocycles. The molecule has 1 rings (SSSR count). The Morgan fingerprint density at radius 2 is 1.89 bits per heavy atom. The Hall–Kier alpha value is -1.28. The highest BCUT2D eigenvalue weighted by atomic mass is 16.5. The van der Waals surface area contributed by atoms with Gasteiger partial charge in [0.15, 0.2) is 0 Å². The summed E-state index contributed by atoms with van der Waals surface area (Å²) in [5.74, 6) is 0.980. The molecular weight excluding hydrogens is 234 g/mol. The van der Waals surface area contributed by atoms with Crippen molar-refractivity contribution in [3.05, 3.63) is 42.5 Å². The third kappa shape index (κ3) is 5.48. The number of para-hydroxylation sites is 1. The quantitative estimate of drug-likeness (QED) is 0.697. The zero-order valence-corrected chi connectivity index (χ0v) is 12.6. The summed E-state index contributed by atoms with van der Waals surface area (Å²) in [4.78, 5) is 0. The summed E-state index contributed by atoms with van der Waals surface area (Å²) in [5, 5.41) is 3.62. The van der Waals surface area contributed by atoms with Gasteiger partial charge in [-0.05, 0) is 46.6 Å². The van der Waals surface area contributed by atoms with E-state index < -0.39 is 0 Å². The maximum Gasteiger partial charge on any atom is 0.124 e. The highest BCUT2D eigenvalue weighted by molar-refractivity contribution is 5.35. The van der Waals surface area contributed by atoms with E-state index in [4.69, 9.17) is 4.74 Å². The van der Waals surface area contributed by atoms with Gasteiger partial charge in [0, 0.05) is 17.6 Å². The van der Waals surface area contributed by atoms with Gasteiger partial charge in [0.05, 0.1) is 6.10 Å². The van der Waals surface area contributed by atoms with Gasteiger partial charge in [-0.15, -0.1) is 6.58 Å². The van der Waals surface area contributed by atoms with Crippen molar-refractivity contribution in [2.45, 2.75) is 58.7 Å². The second kappa shape index (κ2) is 8.00. The monoisotopic (exact) mass is 261 g/mol. The Bertz CT molecular complexity index is 387. The molecule has 2 unspecified atom stereocenters. The molecule has 0 fully saturated rings. The Morgan fingerprint density at radius 3 is 2.53 bits per heavy atom. The van der Waals surface area contributed by atoms with Gasteiger partial charge in [0.2, 0.25) is 0 Å².